The van der Waals surface area contributed by atoms with Crippen molar-refractivity contribution in [2.45, 2.75) is 349 Å². The van der Waals surface area contributed by atoms with Crippen LogP contribution in [0.5, 0.6) is 0 Å². The quantitative estimate of drug-likeness (QED) is 0.0343. The number of hydrogen-bond acceptors (Lipinski definition) is 6. The minimum atomic E-state index is -0.764. The third kappa shape index (κ3) is 53.8. The fourth-order valence-electron chi connectivity index (χ4n) is 9.50. The van der Waals surface area contributed by atoms with Gasteiger partial charge < -0.3 is 14.2 Å². The Morgan fingerprint density at radius 2 is 0.515 bits per heavy atom. The molecule has 1 unspecified atom stereocenters. The Bertz CT molecular complexity index is 1060. The maximum atomic E-state index is 12.9. The van der Waals surface area contributed by atoms with Crippen molar-refractivity contribution in [3.8, 4) is 0 Å². The van der Waals surface area contributed by atoms with E-state index in [9.17, 15) is 14.4 Å². The second-order valence-corrected chi connectivity index (χ2v) is 22.5. The first-order chi connectivity index (χ1) is 33.1. The molecule has 404 valence electrons. The van der Waals surface area contributed by atoms with Crippen molar-refractivity contribution < 1.29 is 28.6 Å². The molecule has 0 amide bonds. The van der Waals surface area contributed by atoms with E-state index < -0.39 is 6.10 Å². The summed E-state index contributed by atoms with van der Waals surface area (Å²) in [7, 11) is 0. The van der Waals surface area contributed by atoms with Gasteiger partial charge in [-0.25, -0.2) is 0 Å². The smallest absolute Gasteiger partial charge is 0.306 e. The first-order valence-electron chi connectivity index (χ1n) is 30.6. The molecule has 0 aromatic rings. The average molecular weight is 962 g/mol. The molecule has 0 aliphatic carbocycles. The molecular formula is C62H120O6. The zero-order valence-electron chi connectivity index (χ0n) is 46.9. The summed E-state index contributed by atoms with van der Waals surface area (Å²) in [4.78, 5) is 38.1. The highest BCUT2D eigenvalue weighted by atomic mass is 16.6. The minimum absolute atomic E-state index is 0.0640. The summed E-state index contributed by atoms with van der Waals surface area (Å²) in [6.07, 6.45) is 56.9. The van der Waals surface area contributed by atoms with Crippen molar-refractivity contribution in [1.82, 2.24) is 0 Å². The molecule has 6 nitrogen and oxygen atoms in total. The van der Waals surface area contributed by atoms with E-state index in [-0.39, 0.29) is 31.1 Å². The predicted molar refractivity (Wildman–Crippen MR) is 293 cm³/mol. The molecule has 6 heteroatoms. The Labute approximate surface area is 425 Å². The van der Waals surface area contributed by atoms with E-state index in [1.54, 1.807) is 0 Å². The van der Waals surface area contributed by atoms with Crippen LogP contribution in [0.3, 0.4) is 0 Å². The van der Waals surface area contributed by atoms with E-state index >= 15 is 0 Å². The molecule has 0 aromatic heterocycles. The first-order valence-corrected chi connectivity index (χ1v) is 30.6. The highest BCUT2D eigenvalue weighted by molar-refractivity contribution is 5.71. The van der Waals surface area contributed by atoms with E-state index in [2.05, 4.69) is 41.5 Å². The second kappa shape index (κ2) is 53.2. The normalized spacial score (nSPS) is 12.5. The summed E-state index contributed by atoms with van der Waals surface area (Å²) in [6.45, 7) is 13.8. The summed E-state index contributed by atoms with van der Waals surface area (Å²) in [6, 6.07) is 0. The molecule has 0 aromatic carbocycles. The third-order valence-corrected chi connectivity index (χ3v) is 14.5. The number of unbranched alkanes of at least 4 members (excludes halogenated alkanes) is 37. The van der Waals surface area contributed by atoms with Gasteiger partial charge >= 0.3 is 17.9 Å². The number of carbonyl (C=O) groups excluding carboxylic acids is 3. The fraction of sp³-hybridized carbons (Fsp3) is 0.952. The van der Waals surface area contributed by atoms with Gasteiger partial charge in [0, 0.05) is 19.3 Å². The van der Waals surface area contributed by atoms with Crippen LogP contribution in [-0.2, 0) is 28.6 Å². The largest absolute Gasteiger partial charge is 0.462 e. The molecule has 0 fully saturated rings. The molecule has 0 rings (SSSR count). The highest BCUT2D eigenvalue weighted by Crippen LogP contribution is 2.19. The minimum Gasteiger partial charge on any atom is -0.462 e. The van der Waals surface area contributed by atoms with Gasteiger partial charge in [-0.15, -0.1) is 0 Å². The van der Waals surface area contributed by atoms with E-state index in [0.29, 0.717) is 19.3 Å². The van der Waals surface area contributed by atoms with Gasteiger partial charge in [-0.1, -0.05) is 305 Å². The molecule has 0 spiro atoms. The molecular weight excluding hydrogens is 841 g/mol. The summed E-state index contributed by atoms with van der Waals surface area (Å²) >= 11 is 0. The molecule has 0 saturated heterocycles. The average Bonchev–Trinajstić information content (AvgIpc) is 3.31. The van der Waals surface area contributed by atoms with Crippen LogP contribution in [0.4, 0.5) is 0 Å². The van der Waals surface area contributed by atoms with Gasteiger partial charge in [-0.05, 0) is 37.0 Å². The Morgan fingerprint density at radius 1 is 0.294 bits per heavy atom. The fourth-order valence-corrected chi connectivity index (χ4v) is 9.50. The van der Waals surface area contributed by atoms with Gasteiger partial charge in [0.15, 0.2) is 6.10 Å². The lowest BCUT2D eigenvalue weighted by molar-refractivity contribution is -0.167. The SMILES string of the molecule is CCC(C)CCCCCCCCCCCCCCCCCCCCC(=O)OC[C@H](COC(=O)CCCCCCCCC(C)C)OC(=O)CCCCCCCCCCCCCCCCCCC(C)C. The van der Waals surface area contributed by atoms with E-state index in [4.69, 9.17) is 14.2 Å². The van der Waals surface area contributed by atoms with Crippen molar-refractivity contribution in [2.75, 3.05) is 13.2 Å². The van der Waals surface area contributed by atoms with E-state index in [1.165, 1.54) is 225 Å². The van der Waals surface area contributed by atoms with Crippen LogP contribution in [0.25, 0.3) is 0 Å². The van der Waals surface area contributed by atoms with Crippen LogP contribution in [0.2, 0.25) is 0 Å². The van der Waals surface area contributed by atoms with Crippen molar-refractivity contribution in [3.63, 3.8) is 0 Å². The molecule has 0 aliphatic rings. The van der Waals surface area contributed by atoms with Crippen LogP contribution in [0.15, 0.2) is 0 Å². The zero-order chi connectivity index (χ0) is 49.8. The standard InChI is InChI=1S/C62H120O6/c1-7-58(6)50-44-38-31-27-23-19-15-10-8-9-11-16-20-24-28-32-39-45-51-60(63)66-54-59(55-67-61(64)52-46-40-35-34-37-43-49-57(4)5)68-62(65)53-47-41-33-29-25-21-17-13-12-14-18-22-26-30-36-42-48-56(2)3/h56-59H,7-55H2,1-6H3/t58?,59-/m1/s1. The van der Waals surface area contributed by atoms with Gasteiger partial charge in [0.2, 0.25) is 0 Å². The summed E-state index contributed by atoms with van der Waals surface area (Å²) in [5.74, 6) is 1.68. The Morgan fingerprint density at radius 3 is 0.765 bits per heavy atom. The lowest BCUT2D eigenvalue weighted by atomic mass is 9.99. The van der Waals surface area contributed by atoms with E-state index in [1.807, 2.05) is 0 Å². The highest BCUT2D eigenvalue weighted by Gasteiger charge is 2.19. The monoisotopic (exact) mass is 961 g/mol. The van der Waals surface area contributed by atoms with Crippen LogP contribution in [-0.4, -0.2) is 37.2 Å². The van der Waals surface area contributed by atoms with Gasteiger partial charge in [0.05, 0.1) is 0 Å². The first kappa shape index (κ1) is 66.4. The van der Waals surface area contributed by atoms with Crippen molar-refractivity contribution in [3.05, 3.63) is 0 Å². The summed E-state index contributed by atoms with van der Waals surface area (Å²) < 4.78 is 16.9. The second-order valence-electron chi connectivity index (χ2n) is 22.5. The summed E-state index contributed by atoms with van der Waals surface area (Å²) in [5, 5.41) is 0. The third-order valence-electron chi connectivity index (χ3n) is 14.5. The van der Waals surface area contributed by atoms with Crippen LogP contribution in [0, 0.1) is 17.8 Å². The lowest BCUT2D eigenvalue weighted by Crippen LogP contribution is -2.30. The number of esters is 3. The topological polar surface area (TPSA) is 78.9 Å². The van der Waals surface area contributed by atoms with Crippen molar-refractivity contribution in [1.29, 1.82) is 0 Å². The van der Waals surface area contributed by atoms with Gasteiger partial charge in [0.25, 0.3) is 0 Å². The van der Waals surface area contributed by atoms with Crippen molar-refractivity contribution >= 4 is 17.9 Å². The van der Waals surface area contributed by atoms with Crippen LogP contribution >= 0.6 is 0 Å². The van der Waals surface area contributed by atoms with Gasteiger partial charge in [-0.2, -0.15) is 0 Å². The van der Waals surface area contributed by atoms with Gasteiger partial charge in [0.1, 0.15) is 13.2 Å². The number of ether oxygens (including phenoxy) is 3. The van der Waals surface area contributed by atoms with Crippen LogP contribution in [0.1, 0.15) is 343 Å². The molecule has 0 bridgehead atoms. The molecule has 0 heterocycles. The molecule has 0 aliphatic heterocycles. The molecule has 68 heavy (non-hydrogen) atoms. The lowest BCUT2D eigenvalue weighted by Gasteiger charge is -2.18. The molecule has 0 saturated carbocycles. The van der Waals surface area contributed by atoms with Crippen LogP contribution < -0.4 is 0 Å². The Balaban J connectivity index is 4.17. The predicted octanol–water partition coefficient (Wildman–Crippen LogP) is 20.3. The molecule has 0 N–H and O–H groups in total. The number of rotatable bonds is 55. The summed E-state index contributed by atoms with van der Waals surface area (Å²) in [5.41, 5.74) is 0. The number of carbonyl (C=O) groups is 3. The molecule has 0 radical (unpaired) electrons. The van der Waals surface area contributed by atoms with Gasteiger partial charge in [-0.3, -0.25) is 14.4 Å². The van der Waals surface area contributed by atoms with Crippen molar-refractivity contribution in [2.24, 2.45) is 17.8 Å². The Hall–Kier alpha value is -1.59. The zero-order valence-corrected chi connectivity index (χ0v) is 46.9. The maximum Gasteiger partial charge on any atom is 0.306 e. The van der Waals surface area contributed by atoms with E-state index in [0.717, 1.165) is 75.5 Å². The molecule has 2 atom stereocenters. The number of hydrogen-bond donors (Lipinski definition) is 0. The maximum absolute atomic E-state index is 12.9. The Kier molecular flexibility index (Phi) is 52.0.